The Kier molecular flexibility index (Phi) is 4.79. The van der Waals surface area contributed by atoms with E-state index >= 15 is 0 Å². The maximum atomic E-state index is 11.6. The summed E-state index contributed by atoms with van der Waals surface area (Å²) in [4.78, 5) is 15.1. The number of carboxylic acids is 1. The number of aromatic nitrogens is 1. The van der Waals surface area contributed by atoms with Gasteiger partial charge in [-0.2, -0.15) is 0 Å². The number of pyridine rings is 1. The van der Waals surface area contributed by atoms with E-state index in [0.29, 0.717) is 18.7 Å². The molecule has 1 fully saturated rings. The lowest BCUT2D eigenvalue weighted by atomic mass is 9.86. The molecule has 7 nitrogen and oxygen atoms in total. The van der Waals surface area contributed by atoms with Crippen molar-refractivity contribution in [3.8, 4) is 0 Å². The van der Waals surface area contributed by atoms with E-state index < -0.39 is 16.0 Å². The van der Waals surface area contributed by atoms with Crippen molar-refractivity contribution in [2.75, 3.05) is 12.4 Å². The molecule has 0 spiro atoms. The van der Waals surface area contributed by atoms with Gasteiger partial charge in [0.2, 0.25) is 10.0 Å². The molecule has 1 aliphatic carbocycles. The highest BCUT2D eigenvalue weighted by atomic mass is 32.2. The Hall–Kier alpha value is -1.67. The first-order chi connectivity index (χ1) is 9.92. The molecule has 0 atom stereocenters. The molecule has 1 aliphatic rings. The Bertz CT molecular complexity index is 592. The van der Waals surface area contributed by atoms with Crippen LogP contribution in [0.1, 0.15) is 25.7 Å². The highest BCUT2D eigenvalue weighted by Gasteiger charge is 2.25. The van der Waals surface area contributed by atoms with Gasteiger partial charge in [-0.05, 0) is 44.9 Å². The first-order valence-corrected chi connectivity index (χ1v) is 8.29. The number of hydrogen-bond acceptors (Lipinski definition) is 5. The average molecular weight is 313 g/mol. The summed E-state index contributed by atoms with van der Waals surface area (Å²) < 4.78 is 25.4. The van der Waals surface area contributed by atoms with E-state index in [-0.39, 0.29) is 16.9 Å². The van der Waals surface area contributed by atoms with Crippen LogP contribution < -0.4 is 10.0 Å². The Morgan fingerprint density at radius 2 is 1.95 bits per heavy atom. The van der Waals surface area contributed by atoms with Crippen LogP contribution in [0.15, 0.2) is 23.2 Å². The summed E-state index contributed by atoms with van der Waals surface area (Å²) in [5, 5.41) is 12.2. The van der Waals surface area contributed by atoms with Crippen LogP contribution in [0.5, 0.6) is 0 Å². The largest absolute Gasteiger partial charge is 0.481 e. The summed E-state index contributed by atoms with van der Waals surface area (Å²) in [6.07, 6.45) is 4.15. The molecular weight excluding hydrogens is 294 g/mol. The second-order valence-corrected chi connectivity index (χ2v) is 7.00. The smallest absolute Gasteiger partial charge is 0.306 e. The average Bonchev–Trinajstić information content (AvgIpc) is 2.48. The quantitative estimate of drug-likeness (QED) is 0.749. The minimum atomic E-state index is -3.47. The van der Waals surface area contributed by atoms with Crippen molar-refractivity contribution >= 4 is 21.8 Å². The fraction of sp³-hybridized carbons (Fsp3) is 0.538. The van der Waals surface area contributed by atoms with Crippen molar-refractivity contribution in [3.05, 3.63) is 18.3 Å². The number of carboxylic acid groups (broad SMARTS) is 1. The molecule has 0 unspecified atom stereocenters. The molecule has 1 aromatic heterocycles. The van der Waals surface area contributed by atoms with Crippen molar-refractivity contribution in [1.82, 2.24) is 9.71 Å². The van der Waals surface area contributed by atoms with Gasteiger partial charge in [0.1, 0.15) is 10.7 Å². The molecule has 116 valence electrons. The van der Waals surface area contributed by atoms with Gasteiger partial charge in [0, 0.05) is 12.2 Å². The van der Waals surface area contributed by atoms with Crippen LogP contribution in [0.3, 0.4) is 0 Å². The molecule has 21 heavy (non-hydrogen) atoms. The normalized spacial score (nSPS) is 22.7. The van der Waals surface area contributed by atoms with Gasteiger partial charge >= 0.3 is 5.97 Å². The fourth-order valence-corrected chi connectivity index (χ4v) is 3.11. The van der Waals surface area contributed by atoms with Gasteiger partial charge in [0.15, 0.2) is 0 Å². The molecule has 1 aromatic rings. The van der Waals surface area contributed by atoms with Gasteiger partial charge in [-0.15, -0.1) is 0 Å². The van der Waals surface area contributed by atoms with Gasteiger partial charge in [0.25, 0.3) is 0 Å². The zero-order chi connectivity index (χ0) is 15.5. The lowest BCUT2D eigenvalue weighted by molar-refractivity contribution is -0.142. The van der Waals surface area contributed by atoms with Crippen molar-refractivity contribution in [2.24, 2.45) is 5.92 Å². The summed E-state index contributed by atoms with van der Waals surface area (Å²) in [5.74, 6) is -0.379. The van der Waals surface area contributed by atoms with Crippen LogP contribution in [0.2, 0.25) is 0 Å². The maximum Gasteiger partial charge on any atom is 0.306 e. The van der Waals surface area contributed by atoms with Crippen LogP contribution in [-0.2, 0) is 14.8 Å². The zero-order valence-electron chi connectivity index (χ0n) is 11.7. The molecule has 0 saturated heterocycles. The summed E-state index contributed by atoms with van der Waals surface area (Å²) >= 11 is 0. The number of hydrogen-bond donors (Lipinski definition) is 3. The monoisotopic (exact) mass is 313 g/mol. The SMILES string of the molecule is CNS(=O)(=O)c1ccc(NC2CCC(C(=O)O)CC2)nc1. The number of rotatable bonds is 5. The van der Waals surface area contributed by atoms with Crippen LogP contribution in [-0.4, -0.2) is 37.6 Å². The van der Waals surface area contributed by atoms with Gasteiger partial charge < -0.3 is 10.4 Å². The van der Waals surface area contributed by atoms with Crippen molar-refractivity contribution in [3.63, 3.8) is 0 Å². The predicted octanol–water partition coefficient (Wildman–Crippen LogP) is 1.04. The van der Waals surface area contributed by atoms with E-state index in [1.165, 1.54) is 19.3 Å². The molecule has 0 aromatic carbocycles. The van der Waals surface area contributed by atoms with Crippen LogP contribution in [0.4, 0.5) is 5.82 Å². The van der Waals surface area contributed by atoms with Crippen LogP contribution >= 0.6 is 0 Å². The Balaban J connectivity index is 1.94. The molecule has 2 rings (SSSR count). The van der Waals surface area contributed by atoms with Crippen LogP contribution in [0.25, 0.3) is 0 Å². The van der Waals surface area contributed by atoms with Crippen molar-refractivity contribution < 1.29 is 18.3 Å². The Morgan fingerprint density at radius 1 is 1.29 bits per heavy atom. The lowest BCUT2D eigenvalue weighted by Gasteiger charge is -2.27. The standard InChI is InChI=1S/C13H19N3O4S/c1-14-21(19,20)11-6-7-12(15-8-11)16-10-4-2-9(3-5-10)13(17)18/h6-10,14H,2-5H2,1H3,(H,15,16)(H,17,18). The minimum absolute atomic E-state index is 0.116. The third-order valence-electron chi connectivity index (χ3n) is 3.74. The predicted molar refractivity (Wildman–Crippen MR) is 77.5 cm³/mol. The summed E-state index contributed by atoms with van der Waals surface area (Å²) in [5.41, 5.74) is 0. The van der Waals surface area contributed by atoms with E-state index in [9.17, 15) is 13.2 Å². The Morgan fingerprint density at radius 3 is 2.43 bits per heavy atom. The van der Waals surface area contributed by atoms with Crippen molar-refractivity contribution in [1.29, 1.82) is 0 Å². The molecule has 3 N–H and O–H groups in total. The first-order valence-electron chi connectivity index (χ1n) is 6.81. The minimum Gasteiger partial charge on any atom is -0.481 e. The first kappa shape index (κ1) is 15.7. The summed E-state index contributed by atoms with van der Waals surface area (Å²) in [7, 11) is -2.12. The van der Waals surface area contributed by atoms with Gasteiger partial charge in [-0.25, -0.2) is 18.1 Å². The molecule has 1 saturated carbocycles. The van der Waals surface area contributed by atoms with Crippen molar-refractivity contribution in [2.45, 2.75) is 36.6 Å². The molecule has 8 heteroatoms. The second kappa shape index (κ2) is 6.40. The molecule has 1 heterocycles. The van der Waals surface area contributed by atoms with E-state index in [1.807, 2.05) is 0 Å². The number of nitrogens with zero attached hydrogens (tertiary/aromatic N) is 1. The van der Waals surface area contributed by atoms with Gasteiger partial charge in [-0.3, -0.25) is 4.79 Å². The van der Waals surface area contributed by atoms with E-state index in [2.05, 4.69) is 15.0 Å². The molecule has 0 amide bonds. The number of aliphatic carboxylic acids is 1. The summed E-state index contributed by atoms with van der Waals surface area (Å²) in [6, 6.07) is 3.29. The molecular formula is C13H19N3O4S. The number of nitrogens with one attached hydrogen (secondary N) is 2. The third-order valence-corrected chi connectivity index (χ3v) is 5.14. The highest BCUT2D eigenvalue weighted by molar-refractivity contribution is 7.89. The highest BCUT2D eigenvalue weighted by Crippen LogP contribution is 2.26. The van der Waals surface area contributed by atoms with E-state index in [0.717, 1.165) is 12.8 Å². The maximum absolute atomic E-state index is 11.6. The zero-order valence-corrected chi connectivity index (χ0v) is 12.6. The number of sulfonamides is 1. The lowest BCUT2D eigenvalue weighted by Crippen LogP contribution is -2.29. The van der Waals surface area contributed by atoms with E-state index in [1.54, 1.807) is 6.07 Å². The molecule has 0 bridgehead atoms. The van der Waals surface area contributed by atoms with Gasteiger partial charge in [0.05, 0.1) is 5.92 Å². The number of anilines is 1. The second-order valence-electron chi connectivity index (χ2n) is 5.12. The van der Waals surface area contributed by atoms with E-state index in [4.69, 9.17) is 5.11 Å². The third kappa shape index (κ3) is 3.92. The summed E-state index contributed by atoms with van der Waals surface area (Å²) in [6.45, 7) is 0. The topological polar surface area (TPSA) is 108 Å². The molecule has 0 aliphatic heterocycles. The number of carbonyl (C=O) groups is 1. The van der Waals surface area contributed by atoms with Crippen LogP contribution in [0, 0.1) is 5.92 Å². The fourth-order valence-electron chi connectivity index (χ4n) is 2.44. The molecule has 0 radical (unpaired) electrons. The Labute approximate surface area is 123 Å². The van der Waals surface area contributed by atoms with Gasteiger partial charge in [-0.1, -0.05) is 0 Å².